The Morgan fingerprint density at radius 2 is 1.65 bits per heavy atom. The number of aromatic nitrogens is 2. The summed E-state index contributed by atoms with van der Waals surface area (Å²) in [4.78, 5) is 4.71. The van der Waals surface area contributed by atoms with E-state index < -0.39 is 0 Å². The molecule has 0 aliphatic rings. The van der Waals surface area contributed by atoms with E-state index in [-0.39, 0.29) is 5.38 Å². The van der Waals surface area contributed by atoms with E-state index in [0.29, 0.717) is 17.8 Å². The number of nitrogens with zero attached hydrogens (tertiary/aromatic N) is 2. The van der Waals surface area contributed by atoms with Crippen LogP contribution < -0.4 is 0 Å². The predicted molar refractivity (Wildman–Crippen MR) is 87.2 cm³/mol. The molecular weight excluding hydrogens is 268 g/mol. The number of fused-ring (bicyclic) bond motifs is 1. The van der Waals surface area contributed by atoms with E-state index in [4.69, 9.17) is 16.6 Å². The van der Waals surface area contributed by atoms with Crippen LogP contribution in [0.1, 0.15) is 45.8 Å². The lowest BCUT2D eigenvalue weighted by molar-refractivity contribution is 0.252. The highest BCUT2D eigenvalue weighted by molar-refractivity contribution is 6.20. The fourth-order valence-corrected chi connectivity index (χ4v) is 3.16. The minimum absolute atomic E-state index is 0.0672. The molecule has 0 saturated heterocycles. The first kappa shape index (κ1) is 15.4. The summed E-state index contributed by atoms with van der Waals surface area (Å²) in [5.41, 5.74) is 2.24. The maximum atomic E-state index is 6.34. The molecule has 2 aromatic rings. The minimum atomic E-state index is -0.0672. The third-order valence-corrected chi connectivity index (χ3v) is 4.34. The van der Waals surface area contributed by atoms with Crippen molar-refractivity contribution in [2.75, 3.05) is 0 Å². The Morgan fingerprint density at radius 3 is 2.20 bits per heavy atom. The largest absolute Gasteiger partial charge is 0.326 e. The van der Waals surface area contributed by atoms with Crippen molar-refractivity contribution in [2.24, 2.45) is 17.8 Å². The van der Waals surface area contributed by atoms with E-state index >= 15 is 0 Å². The fourth-order valence-electron chi connectivity index (χ4n) is 2.99. The first-order chi connectivity index (χ1) is 9.41. The summed E-state index contributed by atoms with van der Waals surface area (Å²) in [5, 5.41) is -0.0672. The van der Waals surface area contributed by atoms with Crippen molar-refractivity contribution in [2.45, 2.75) is 46.5 Å². The molecule has 0 aliphatic carbocycles. The highest BCUT2D eigenvalue weighted by Crippen LogP contribution is 2.29. The van der Waals surface area contributed by atoms with Gasteiger partial charge < -0.3 is 4.57 Å². The third kappa shape index (κ3) is 3.01. The maximum Gasteiger partial charge on any atom is 0.127 e. The molecule has 1 unspecified atom stereocenters. The smallest absolute Gasteiger partial charge is 0.127 e. The van der Waals surface area contributed by atoms with Gasteiger partial charge in [-0.05, 0) is 36.8 Å². The Balaban J connectivity index is 2.48. The Morgan fingerprint density at radius 1 is 1.05 bits per heavy atom. The number of rotatable bonds is 5. The van der Waals surface area contributed by atoms with Crippen LogP contribution in [-0.4, -0.2) is 9.55 Å². The van der Waals surface area contributed by atoms with Gasteiger partial charge >= 0.3 is 0 Å². The van der Waals surface area contributed by atoms with E-state index in [2.05, 4.69) is 50.5 Å². The summed E-state index contributed by atoms with van der Waals surface area (Å²) >= 11 is 6.34. The van der Waals surface area contributed by atoms with Gasteiger partial charge in [0.2, 0.25) is 0 Å². The number of hydrogen-bond donors (Lipinski definition) is 0. The van der Waals surface area contributed by atoms with E-state index in [9.17, 15) is 0 Å². The topological polar surface area (TPSA) is 17.8 Å². The van der Waals surface area contributed by atoms with Gasteiger partial charge in [-0.1, -0.05) is 39.8 Å². The van der Waals surface area contributed by atoms with Crippen molar-refractivity contribution in [3.8, 4) is 0 Å². The van der Waals surface area contributed by atoms with E-state index in [1.165, 1.54) is 5.52 Å². The van der Waals surface area contributed by atoms with E-state index in [1.54, 1.807) is 0 Å². The summed E-state index contributed by atoms with van der Waals surface area (Å²) in [7, 11) is 0. The number of benzene rings is 1. The third-order valence-electron chi connectivity index (χ3n) is 4.15. The van der Waals surface area contributed by atoms with Gasteiger partial charge in [-0.3, -0.25) is 0 Å². The van der Waals surface area contributed by atoms with Crippen molar-refractivity contribution in [3.63, 3.8) is 0 Å². The van der Waals surface area contributed by atoms with E-state index in [0.717, 1.165) is 17.9 Å². The Hall–Kier alpha value is -1.02. The molecule has 20 heavy (non-hydrogen) atoms. The lowest BCUT2D eigenvalue weighted by atomic mass is 9.85. The van der Waals surface area contributed by atoms with Gasteiger partial charge in [0.1, 0.15) is 5.82 Å². The number of hydrogen-bond acceptors (Lipinski definition) is 1. The molecule has 0 amide bonds. The molecule has 3 heteroatoms. The summed E-state index contributed by atoms with van der Waals surface area (Å²) in [6, 6.07) is 8.31. The fraction of sp³-hybridized carbons (Fsp3) is 0.588. The van der Waals surface area contributed by atoms with Gasteiger partial charge in [-0.2, -0.15) is 0 Å². The van der Waals surface area contributed by atoms with Crippen LogP contribution in [0.4, 0.5) is 0 Å². The second-order valence-corrected chi connectivity index (χ2v) is 6.99. The molecular formula is C17H25ClN2. The number of para-hydroxylation sites is 2. The Bertz CT molecular complexity index is 561. The van der Waals surface area contributed by atoms with Crippen LogP contribution in [0, 0.1) is 17.8 Å². The molecule has 2 rings (SSSR count). The number of halogens is 1. The summed E-state index contributed by atoms with van der Waals surface area (Å²) < 4.78 is 2.32. The van der Waals surface area contributed by atoms with Gasteiger partial charge in [-0.25, -0.2) is 4.98 Å². The quantitative estimate of drug-likeness (QED) is 0.687. The molecule has 110 valence electrons. The number of alkyl halides is 1. The minimum Gasteiger partial charge on any atom is -0.326 e. The van der Waals surface area contributed by atoms with Gasteiger partial charge in [0.15, 0.2) is 0 Å². The summed E-state index contributed by atoms with van der Waals surface area (Å²) in [6.45, 7) is 12.2. The van der Waals surface area contributed by atoms with Crippen molar-refractivity contribution in [3.05, 3.63) is 30.1 Å². The highest BCUT2D eigenvalue weighted by atomic mass is 35.5. The molecule has 1 aromatic heterocycles. The Kier molecular flexibility index (Phi) is 4.74. The molecule has 0 saturated carbocycles. The molecule has 0 spiro atoms. The second-order valence-electron chi connectivity index (χ2n) is 6.34. The van der Waals surface area contributed by atoms with Gasteiger partial charge in [-0.15, -0.1) is 11.6 Å². The van der Waals surface area contributed by atoms with Crippen molar-refractivity contribution < 1.29 is 0 Å². The monoisotopic (exact) mass is 292 g/mol. The standard InChI is InChI=1S/C17H25ClN2/c1-11(2)14(12(3)4)10-20-16-9-7-6-8-15(16)19-17(20)13(5)18/h6-9,11-14H,10H2,1-5H3. The highest BCUT2D eigenvalue weighted by Gasteiger charge is 2.22. The molecule has 0 radical (unpaired) electrons. The van der Waals surface area contributed by atoms with Crippen molar-refractivity contribution in [1.29, 1.82) is 0 Å². The SMILES string of the molecule is CC(Cl)c1nc2ccccc2n1CC(C(C)C)C(C)C. The average molecular weight is 293 g/mol. The second kappa shape index (κ2) is 6.17. The normalized spacial score (nSPS) is 13.8. The molecule has 1 aromatic carbocycles. The zero-order valence-electron chi connectivity index (χ0n) is 13.1. The van der Waals surface area contributed by atoms with Crippen LogP contribution in [0.2, 0.25) is 0 Å². The molecule has 1 atom stereocenters. The first-order valence-electron chi connectivity index (χ1n) is 7.51. The van der Waals surface area contributed by atoms with Crippen molar-refractivity contribution >= 4 is 22.6 Å². The van der Waals surface area contributed by atoms with Gasteiger partial charge in [0, 0.05) is 6.54 Å². The first-order valence-corrected chi connectivity index (χ1v) is 7.94. The molecule has 0 bridgehead atoms. The molecule has 0 N–H and O–H groups in total. The molecule has 0 aliphatic heterocycles. The molecule has 2 nitrogen and oxygen atoms in total. The van der Waals surface area contributed by atoms with Gasteiger partial charge in [0.25, 0.3) is 0 Å². The summed E-state index contributed by atoms with van der Waals surface area (Å²) in [6.07, 6.45) is 0. The maximum absolute atomic E-state index is 6.34. The van der Waals surface area contributed by atoms with Crippen LogP contribution >= 0.6 is 11.6 Å². The van der Waals surface area contributed by atoms with Crippen LogP contribution in [-0.2, 0) is 6.54 Å². The summed E-state index contributed by atoms with van der Waals surface area (Å²) in [5.74, 6) is 2.91. The van der Waals surface area contributed by atoms with Crippen LogP contribution in [0.25, 0.3) is 11.0 Å². The predicted octanol–water partition coefficient (Wildman–Crippen LogP) is 5.26. The zero-order chi connectivity index (χ0) is 14.9. The zero-order valence-corrected chi connectivity index (χ0v) is 13.9. The van der Waals surface area contributed by atoms with E-state index in [1.807, 2.05) is 13.0 Å². The van der Waals surface area contributed by atoms with Crippen LogP contribution in [0.5, 0.6) is 0 Å². The van der Waals surface area contributed by atoms with Crippen LogP contribution in [0.15, 0.2) is 24.3 Å². The molecule has 1 heterocycles. The van der Waals surface area contributed by atoms with Gasteiger partial charge in [0.05, 0.1) is 16.4 Å². The molecule has 0 fully saturated rings. The van der Waals surface area contributed by atoms with Crippen molar-refractivity contribution in [1.82, 2.24) is 9.55 Å². The lowest BCUT2D eigenvalue weighted by Gasteiger charge is -2.26. The lowest BCUT2D eigenvalue weighted by Crippen LogP contribution is -2.23. The Labute approximate surface area is 127 Å². The van der Waals surface area contributed by atoms with Crippen LogP contribution in [0.3, 0.4) is 0 Å². The average Bonchev–Trinajstić information content (AvgIpc) is 2.74. The number of imidazole rings is 1.